The molecular formula is C23H22N2O5. The Labute approximate surface area is 174 Å². The summed E-state index contributed by atoms with van der Waals surface area (Å²) < 4.78 is 16.2. The first-order valence-corrected chi connectivity index (χ1v) is 9.73. The first-order chi connectivity index (χ1) is 14.7. The molecule has 2 aromatic carbocycles. The Morgan fingerprint density at radius 2 is 1.70 bits per heavy atom. The van der Waals surface area contributed by atoms with Crippen molar-refractivity contribution in [3.05, 3.63) is 83.8 Å². The summed E-state index contributed by atoms with van der Waals surface area (Å²) in [5.41, 5.74) is 1.82. The third kappa shape index (κ3) is 4.81. The molecule has 4 rings (SSSR count). The van der Waals surface area contributed by atoms with Gasteiger partial charge in [-0.25, -0.2) is 0 Å². The maximum absolute atomic E-state index is 12.9. The molecule has 2 amide bonds. The Morgan fingerprint density at radius 3 is 2.47 bits per heavy atom. The minimum absolute atomic E-state index is 0.160. The molecule has 2 heterocycles. The van der Waals surface area contributed by atoms with Crippen LogP contribution in [0.5, 0.6) is 11.5 Å². The van der Waals surface area contributed by atoms with Crippen molar-refractivity contribution in [2.45, 2.75) is 19.0 Å². The molecule has 30 heavy (non-hydrogen) atoms. The van der Waals surface area contributed by atoms with Gasteiger partial charge in [-0.1, -0.05) is 36.4 Å². The number of hydrogen-bond donors (Lipinski definition) is 2. The molecule has 1 aromatic heterocycles. The lowest BCUT2D eigenvalue weighted by Crippen LogP contribution is -2.47. The number of benzene rings is 2. The summed E-state index contributed by atoms with van der Waals surface area (Å²) in [6.45, 7) is 1.33. The van der Waals surface area contributed by atoms with Crippen LogP contribution in [-0.2, 0) is 17.8 Å². The van der Waals surface area contributed by atoms with Gasteiger partial charge in [0.25, 0.3) is 5.91 Å². The predicted molar refractivity (Wildman–Crippen MR) is 109 cm³/mol. The van der Waals surface area contributed by atoms with E-state index in [1.807, 2.05) is 48.5 Å². The van der Waals surface area contributed by atoms with Gasteiger partial charge in [0.1, 0.15) is 19.3 Å². The number of furan rings is 1. The van der Waals surface area contributed by atoms with Crippen LogP contribution in [-0.4, -0.2) is 31.1 Å². The average Bonchev–Trinajstić information content (AvgIpc) is 3.33. The van der Waals surface area contributed by atoms with Gasteiger partial charge in [0.2, 0.25) is 5.91 Å². The summed E-state index contributed by atoms with van der Waals surface area (Å²) in [5.74, 6) is 0.806. The summed E-state index contributed by atoms with van der Waals surface area (Å²) in [5, 5.41) is 5.66. The van der Waals surface area contributed by atoms with Gasteiger partial charge in [-0.3, -0.25) is 9.59 Å². The number of rotatable bonds is 7. The SMILES string of the molecule is O=C(N[C@@H](Cc1ccccc1)C(=O)NCc1ccc2c(c1)OCCO2)c1ccco1. The topological polar surface area (TPSA) is 89.8 Å². The Kier molecular flexibility index (Phi) is 5.98. The van der Waals surface area contributed by atoms with E-state index in [0.29, 0.717) is 37.7 Å². The molecule has 0 spiro atoms. The molecule has 0 saturated carbocycles. The van der Waals surface area contributed by atoms with E-state index in [-0.39, 0.29) is 11.7 Å². The zero-order valence-electron chi connectivity index (χ0n) is 16.3. The number of ether oxygens (including phenoxy) is 2. The normalized spacial score (nSPS) is 13.3. The maximum atomic E-state index is 12.9. The highest BCUT2D eigenvalue weighted by Gasteiger charge is 2.23. The highest BCUT2D eigenvalue weighted by Crippen LogP contribution is 2.30. The Hall–Kier alpha value is -3.74. The van der Waals surface area contributed by atoms with Crippen molar-refractivity contribution in [1.29, 1.82) is 0 Å². The second kappa shape index (κ2) is 9.17. The van der Waals surface area contributed by atoms with Crippen LogP contribution in [0.3, 0.4) is 0 Å². The van der Waals surface area contributed by atoms with Crippen molar-refractivity contribution in [3.63, 3.8) is 0 Å². The van der Waals surface area contributed by atoms with E-state index in [4.69, 9.17) is 13.9 Å². The van der Waals surface area contributed by atoms with Gasteiger partial charge in [0.15, 0.2) is 17.3 Å². The monoisotopic (exact) mass is 406 g/mol. The summed E-state index contributed by atoms with van der Waals surface area (Å²) in [6, 6.07) is 17.5. The second-order valence-electron chi connectivity index (χ2n) is 6.89. The molecule has 0 bridgehead atoms. The molecular weight excluding hydrogens is 384 g/mol. The van der Waals surface area contributed by atoms with Crippen LogP contribution in [0.25, 0.3) is 0 Å². The second-order valence-corrected chi connectivity index (χ2v) is 6.89. The Balaban J connectivity index is 1.43. The molecule has 154 valence electrons. The number of amides is 2. The van der Waals surface area contributed by atoms with E-state index in [0.717, 1.165) is 11.1 Å². The standard InChI is InChI=1S/C23H22N2O5/c26-22(24-15-17-8-9-19-21(14-17)30-12-11-29-19)18(13-16-5-2-1-3-6-16)25-23(27)20-7-4-10-28-20/h1-10,14,18H,11-13,15H2,(H,24,26)(H,25,27)/t18-/m0/s1. The molecule has 7 heteroatoms. The van der Waals surface area contributed by atoms with Crippen molar-refractivity contribution >= 4 is 11.8 Å². The lowest BCUT2D eigenvalue weighted by atomic mass is 10.0. The fourth-order valence-electron chi connectivity index (χ4n) is 3.21. The van der Waals surface area contributed by atoms with Crippen LogP contribution < -0.4 is 20.1 Å². The molecule has 0 aliphatic carbocycles. The molecule has 1 atom stereocenters. The highest BCUT2D eigenvalue weighted by atomic mass is 16.6. The maximum Gasteiger partial charge on any atom is 0.287 e. The number of carbonyl (C=O) groups excluding carboxylic acids is 2. The van der Waals surface area contributed by atoms with Crippen LogP contribution >= 0.6 is 0 Å². The zero-order valence-corrected chi connectivity index (χ0v) is 16.3. The van der Waals surface area contributed by atoms with Crippen LogP contribution in [0.4, 0.5) is 0 Å². The van der Waals surface area contributed by atoms with Gasteiger partial charge >= 0.3 is 0 Å². The first kappa shape index (κ1) is 19.6. The number of fused-ring (bicyclic) bond motifs is 1. The third-order valence-electron chi connectivity index (χ3n) is 4.72. The van der Waals surface area contributed by atoms with Gasteiger partial charge in [0, 0.05) is 13.0 Å². The molecule has 3 aromatic rings. The third-order valence-corrected chi connectivity index (χ3v) is 4.72. The molecule has 1 aliphatic heterocycles. The van der Waals surface area contributed by atoms with Gasteiger partial charge in [-0.15, -0.1) is 0 Å². The largest absolute Gasteiger partial charge is 0.486 e. The fraction of sp³-hybridized carbons (Fsp3) is 0.217. The lowest BCUT2D eigenvalue weighted by molar-refractivity contribution is -0.123. The summed E-state index contributed by atoms with van der Waals surface area (Å²) in [4.78, 5) is 25.3. The first-order valence-electron chi connectivity index (χ1n) is 9.73. The van der Waals surface area contributed by atoms with E-state index >= 15 is 0 Å². The zero-order chi connectivity index (χ0) is 20.8. The summed E-state index contributed by atoms with van der Waals surface area (Å²) in [6.07, 6.45) is 1.78. The molecule has 0 radical (unpaired) electrons. The molecule has 0 fully saturated rings. The quantitative estimate of drug-likeness (QED) is 0.630. The van der Waals surface area contributed by atoms with Crippen LogP contribution in [0.15, 0.2) is 71.3 Å². The molecule has 0 unspecified atom stereocenters. The minimum Gasteiger partial charge on any atom is -0.486 e. The highest BCUT2D eigenvalue weighted by molar-refractivity contribution is 5.95. The molecule has 7 nitrogen and oxygen atoms in total. The Bertz CT molecular complexity index is 1000. The minimum atomic E-state index is -0.748. The van der Waals surface area contributed by atoms with E-state index in [1.165, 1.54) is 6.26 Å². The van der Waals surface area contributed by atoms with Gasteiger partial charge in [-0.05, 0) is 35.4 Å². The van der Waals surface area contributed by atoms with Crippen molar-refractivity contribution in [3.8, 4) is 11.5 Å². The van der Waals surface area contributed by atoms with Crippen LogP contribution in [0, 0.1) is 0 Å². The molecule has 2 N–H and O–H groups in total. The van der Waals surface area contributed by atoms with Crippen molar-refractivity contribution in [1.82, 2.24) is 10.6 Å². The van der Waals surface area contributed by atoms with E-state index in [9.17, 15) is 9.59 Å². The summed E-state index contributed by atoms with van der Waals surface area (Å²) in [7, 11) is 0. The van der Waals surface area contributed by atoms with Gasteiger partial charge in [-0.2, -0.15) is 0 Å². The predicted octanol–water partition coefficient (Wildman–Crippen LogP) is 2.71. The van der Waals surface area contributed by atoms with Crippen molar-refractivity contribution in [2.75, 3.05) is 13.2 Å². The van der Waals surface area contributed by atoms with Crippen molar-refractivity contribution < 1.29 is 23.5 Å². The Morgan fingerprint density at radius 1 is 0.900 bits per heavy atom. The van der Waals surface area contributed by atoms with Gasteiger partial charge < -0.3 is 24.5 Å². The number of hydrogen-bond acceptors (Lipinski definition) is 5. The molecule has 0 saturated heterocycles. The van der Waals surface area contributed by atoms with E-state index < -0.39 is 11.9 Å². The number of nitrogens with one attached hydrogen (secondary N) is 2. The van der Waals surface area contributed by atoms with Crippen LogP contribution in [0.1, 0.15) is 21.7 Å². The van der Waals surface area contributed by atoms with Crippen molar-refractivity contribution in [2.24, 2.45) is 0 Å². The number of carbonyl (C=O) groups is 2. The smallest absolute Gasteiger partial charge is 0.287 e. The average molecular weight is 406 g/mol. The van der Waals surface area contributed by atoms with Gasteiger partial charge in [0.05, 0.1) is 6.26 Å². The fourth-order valence-corrected chi connectivity index (χ4v) is 3.21. The molecule has 1 aliphatic rings. The van der Waals surface area contributed by atoms with E-state index in [1.54, 1.807) is 12.1 Å². The van der Waals surface area contributed by atoms with E-state index in [2.05, 4.69) is 10.6 Å². The lowest BCUT2D eigenvalue weighted by Gasteiger charge is -2.20. The van der Waals surface area contributed by atoms with Crippen LogP contribution in [0.2, 0.25) is 0 Å². The summed E-state index contributed by atoms with van der Waals surface area (Å²) >= 11 is 0.